The minimum atomic E-state index is -0.278. The van der Waals surface area contributed by atoms with Crippen molar-refractivity contribution in [2.45, 2.75) is 26.2 Å². The standard InChI is InChI=1S/C21H21BrClN3O2/c1-21(2,3)18-12-19(26(25-18)15-7-5-4-6-8-15)24-20(27)13-28-17-10-9-14(23)11-16(17)22/h4-12H,13H2,1-3H3,(H,24,27). The summed E-state index contributed by atoms with van der Waals surface area (Å²) < 4.78 is 8.02. The van der Waals surface area contributed by atoms with E-state index in [1.807, 2.05) is 36.4 Å². The maximum atomic E-state index is 12.5. The summed E-state index contributed by atoms with van der Waals surface area (Å²) in [7, 11) is 0. The summed E-state index contributed by atoms with van der Waals surface area (Å²) in [5.74, 6) is 0.866. The van der Waals surface area contributed by atoms with E-state index in [0.29, 0.717) is 21.1 Å². The highest BCUT2D eigenvalue weighted by Crippen LogP contribution is 2.28. The van der Waals surface area contributed by atoms with Gasteiger partial charge in [-0.1, -0.05) is 50.6 Å². The van der Waals surface area contributed by atoms with Gasteiger partial charge in [0.25, 0.3) is 5.91 Å². The molecule has 0 aliphatic heterocycles. The topological polar surface area (TPSA) is 56.1 Å². The first-order valence-corrected chi connectivity index (χ1v) is 9.95. The van der Waals surface area contributed by atoms with E-state index in [1.54, 1.807) is 22.9 Å². The number of ether oxygens (including phenoxy) is 1. The maximum absolute atomic E-state index is 12.5. The quantitative estimate of drug-likeness (QED) is 0.537. The third-order valence-electron chi connectivity index (χ3n) is 4.00. The van der Waals surface area contributed by atoms with Gasteiger partial charge in [0.15, 0.2) is 6.61 Å². The van der Waals surface area contributed by atoms with Crippen LogP contribution in [0.25, 0.3) is 5.69 Å². The number of anilines is 1. The van der Waals surface area contributed by atoms with E-state index in [1.165, 1.54) is 0 Å². The fourth-order valence-corrected chi connectivity index (χ4v) is 3.31. The van der Waals surface area contributed by atoms with Crippen LogP contribution < -0.4 is 10.1 Å². The van der Waals surface area contributed by atoms with E-state index in [9.17, 15) is 4.79 Å². The van der Waals surface area contributed by atoms with Crippen molar-refractivity contribution in [3.05, 3.63) is 69.8 Å². The lowest BCUT2D eigenvalue weighted by molar-refractivity contribution is -0.118. The molecule has 146 valence electrons. The van der Waals surface area contributed by atoms with E-state index in [2.05, 4.69) is 47.1 Å². The lowest BCUT2D eigenvalue weighted by Crippen LogP contribution is -2.22. The van der Waals surface area contributed by atoms with E-state index in [4.69, 9.17) is 16.3 Å². The number of aromatic nitrogens is 2. The van der Waals surface area contributed by atoms with Crippen LogP contribution in [0.5, 0.6) is 5.75 Å². The Hall–Kier alpha value is -2.31. The molecule has 3 aromatic rings. The molecule has 1 amide bonds. The summed E-state index contributed by atoms with van der Waals surface area (Å²) in [5, 5.41) is 8.17. The van der Waals surface area contributed by atoms with E-state index in [-0.39, 0.29) is 17.9 Å². The van der Waals surface area contributed by atoms with Crippen molar-refractivity contribution < 1.29 is 9.53 Å². The van der Waals surface area contributed by atoms with Crippen LogP contribution in [0.4, 0.5) is 5.82 Å². The van der Waals surface area contributed by atoms with E-state index >= 15 is 0 Å². The van der Waals surface area contributed by atoms with Crippen LogP contribution >= 0.6 is 27.5 Å². The lowest BCUT2D eigenvalue weighted by atomic mass is 9.92. The zero-order chi connectivity index (χ0) is 20.3. The van der Waals surface area contributed by atoms with Crippen molar-refractivity contribution in [2.24, 2.45) is 0 Å². The summed E-state index contributed by atoms with van der Waals surface area (Å²) in [6.07, 6.45) is 0. The number of benzene rings is 2. The van der Waals surface area contributed by atoms with Gasteiger partial charge in [-0.25, -0.2) is 4.68 Å². The highest BCUT2D eigenvalue weighted by molar-refractivity contribution is 9.10. The Morgan fingerprint density at radius 2 is 1.89 bits per heavy atom. The van der Waals surface area contributed by atoms with Crippen LogP contribution in [0.1, 0.15) is 26.5 Å². The van der Waals surface area contributed by atoms with Gasteiger partial charge in [-0.3, -0.25) is 4.79 Å². The van der Waals surface area contributed by atoms with Crippen LogP contribution in [0.15, 0.2) is 59.1 Å². The first-order chi connectivity index (χ1) is 13.2. The molecule has 0 atom stereocenters. The number of para-hydroxylation sites is 1. The minimum absolute atomic E-state index is 0.134. The van der Waals surface area contributed by atoms with Gasteiger partial charge in [-0.15, -0.1) is 0 Å². The highest BCUT2D eigenvalue weighted by Gasteiger charge is 2.21. The van der Waals surface area contributed by atoms with Crippen LogP contribution in [-0.2, 0) is 10.2 Å². The van der Waals surface area contributed by atoms with Crippen molar-refractivity contribution in [1.82, 2.24) is 9.78 Å². The van der Waals surface area contributed by atoms with Gasteiger partial charge in [0.2, 0.25) is 0 Å². The van der Waals surface area contributed by atoms with Crippen LogP contribution in [0.2, 0.25) is 5.02 Å². The number of carbonyl (C=O) groups excluding carboxylic acids is 1. The van der Waals surface area contributed by atoms with Gasteiger partial charge >= 0.3 is 0 Å². The fourth-order valence-electron chi connectivity index (χ4n) is 2.52. The normalized spacial score (nSPS) is 11.3. The number of hydrogen-bond acceptors (Lipinski definition) is 3. The molecule has 1 heterocycles. The minimum Gasteiger partial charge on any atom is -0.483 e. The lowest BCUT2D eigenvalue weighted by Gasteiger charge is -2.14. The number of amides is 1. The van der Waals surface area contributed by atoms with Gasteiger partial charge in [0.1, 0.15) is 11.6 Å². The summed E-state index contributed by atoms with van der Waals surface area (Å²) in [4.78, 5) is 12.5. The second kappa shape index (κ2) is 8.37. The molecular weight excluding hydrogens is 442 g/mol. The molecule has 0 radical (unpaired) electrons. The summed E-state index contributed by atoms with van der Waals surface area (Å²) in [5.41, 5.74) is 1.60. The molecule has 3 rings (SSSR count). The van der Waals surface area contributed by atoms with Gasteiger partial charge in [-0.2, -0.15) is 5.10 Å². The van der Waals surface area contributed by atoms with E-state index < -0.39 is 0 Å². The van der Waals surface area contributed by atoms with Crippen LogP contribution in [0, 0.1) is 0 Å². The number of nitrogens with one attached hydrogen (secondary N) is 1. The molecule has 5 nitrogen and oxygen atoms in total. The largest absolute Gasteiger partial charge is 0.483 e. The van der Waals surface area contributed by atoms with Crippen LogP contribution in [-0.4, -0.2) is 22.3 Å². The van der Waals surface area contributed by atoms with Crippen molar-refractivity contribution in [2.75, 3.05) is 11.9 Å². The molecule has 2 aromatic carbocycles. The molecule has 7 heteroatoms. The zero-order valence-corrected chi connectivity index (χ0v) is 18.2. The molecule has 0 unspecified atom stereocenters. The Balaban J connectivity index is 1.78. The Kier molecular flexibility index (Phi) is 6.10. The van der Waals surface area contributed by atoms with Gasteiger partial charge < -0.3 is 10.1 Å². The van der Waals surface area contributed by atoms with Crippen molar-refractivity contribution >= 4 is 39.3 Å². The maximum Gasteiger partial charge on any atom is 0.263 e. The number of carbonyl (C=O) groups is 1. The zero-order valence-electron chi connectivity index (χ0n) is 15.9. The molecule has 1 aromatic heterocycles. The molecule has 28 heavy (non-hydrogen) atoms. The molecule has 1 N–H and O–H groups in total. The molecule has 0 bridgehead atoms. The van der Waals surface area contributed by atoms with Crippen LogP contribution in [0.3, 0.4) is 0 Å². The first kappa shape index (κ1) is 20.4. The van der Waals surface area contributed by atoms with Crippen molar-refractivity contribution in [3.63, 3.8) is 0 Å². The Bertz CT molecular complexity index is 981. The molecular formula is C21H21BrClN3O2. The van der Waals surface area contributed by atoms with E-state index in [0.717, 1.165) is 11.4 Å². The number of nitrogens with zero attached hydrogens (tertiary/aromatic N) is 2. The van der Waals surface area contributed by atoms with Crippen molar-refractivity contribution in [3.8, 4) is 11.4 Å². The average Bonchev–Trinajstić information content (AvgIpc) is 3.06. The Morgan fingerprint density at radius 3 is 2.54 bits per heavy atom. The van der Waals surface area contributed by atoms with Gasteiger partial charge in [0.05, 0.1) is 15.9 Å². The predicted octanol–water partition coefficient (Wildman–Crippen LogP) is 5.60. The molecule has 0 aliphatic carbocycles. The highest BCUT2D eigenvalue weighted by atomic mass is 79.9. The first-order valence-electron chi connectivity index (χ1n) is 8.78. The SMILES string of the molecule is CC(C)(C)c1cc(NC(=O)COc2ccc(Cl)cc2Br)n(-c2ccccc2)n1. The Labute approximate surface area is 177 Å². The third kappa shape index (κ3) is 4.94. The summed E-state index contributed by atoms with van der Waals surface area (Å²) in [6, 6.07) is 16.7. The van der Waals surface area contributed by atoms with Crippen molar-refractivity contribution in [1.29, 1.82) is 0 Å². The second-order valence-electron chi connectivity index (χ2n) is 7.32. The molecule has 0 saturated carbocycles. The van der Waals surface area contributed by atoms with Gasteiger partial charge in [-0.05, 0) is 46.3 Å². The molecule has 0 spiro atoms. The summed E-state index contributed by atoms with van der Waals surface area (Å²) >= 11 is 9.30. The fraction of sp³-hybridized carbons (Fsp3) is 0.238. The summed E-state index contributed by atoms with van der Waals surface area (Å²) in [6.45, 7) is 6.11. The molecule has 0 saturated heterocycles. The smallest absolute Gasteiger partial charge is 0.263 e. The predicted molar refractivity (Wildman–Crippen MR) is 116 cm³/mol. The average molecular weight is 463 g/mol. The number of hydrogen-bond donors (Lipinski definition) is 1. The second-order valence-corrected chi connectivity index (χ2v) is 8.61. The monoisotopic (exact) mass is 461 g/mol. The number of halogens is 2. The Morgan fingerprint density at radius 1 is 1.18 bits per heavy atom. The molecule has 0 fully saturated rings. The number of rotatable bonds is 5. The molecule has 0 aliphatic rings. The third-order valence-corrected chi connectivity index (χ3v) is 4.85. The van der Waals surface area contributed by atoms with Gasteiger partial charge in [0, 0.05) is 16.5 Å².